The van der Waals surface area contributed by atoms with E-state index in [-0.39, 0.29) is 49.0 Å². The monoisotopic (exact) mass is 584 g/mol. The number of allylic oxidation sites excluding steroid dienone is 5. The number of rotatable bonds is 6. The minimum absolute atomic E-state index is 0.0552. The number of fused-ring (bicyclic) bond motifs is 4. The van der Waals surface area contributed by atoms with E-state index >= 15 is 0 Å². The Hall–Kier alpha value is -2.97. The highest BCUT2D eigenvalue weighted by molar-refractivity contribution is 5.82. The first-order valence-electron chi connectivity index (χ1n) is 15.2. The number of esters is 3. The predicted molar refractivity (Wildman–Crippen MR) is 160 cm³/mol. The third kappa shape index (κ3) is 11.7. The van der Waals surface area contributed by atoms with E-state index in [1.165, 1.54) is 20.3 Å². The third-order valence-corrected chi connectivity index (χ3v) is 7.96. The Kier molecular flexibility index (Phi) is 13.7. The smallest absolute Gasteiger partial charge is 0.330 e. The molecule has 0 amide bonds. The van der Waals surface area contributed by atoms with E-state index in [2.05, 4.69) is 19.1 Å². The van der Waals surface area contributed by atoms with Gasteiger partial charge in [0.25, 0.3) is 0 Å². The van der Waals surface area contributed by atoms with Crippen molar-refractivity contribution < 1.29 is 38.1 Å². The first kappa shape index (κ1) is 33.5. The van der Waals surface area contributed by atoms with Crippen LogP contribution in [-0.4, -0.2) is 62.6 Å². The molecule has 232 valence electrons. The molecule has 4 bridgehead atoms. The van der Waals surface area contributed by atoms with Crippen molar-refractivity contribution in [3.05, 3.63) is 59.8 Å². The van der Waals surface area contributed by atoms with Crippen LogP contribution in [0.5, 0.6) is 0 Å². The molecular weight excluding hydrogens is 536 g/mol. The molecule has 0 N–H and O–H groups in total. The summed E-state index contributed by atoms with van der Waals surface area (Å²) in [5.41, 5.74) is 1.80. The Morgan fingerprint density at radius 1 is 0.905 bits per heavy atom. The van der Waals surface area contributed by atoms with Gasteiger partial charge in [-0.15, -0.1) is 0 Å². The average molecular weight is 585 g/mol. The second-order valence-electron chi connectivity index (χ2n) is 11.8. The van der Waals surface area contributed by atoms with Gasteiger partial charge >= 0.3 is 17.9 Å². The highest BCUT2D eigenvalue weighted by Gasteiger charge is 2.33. The van der Waals surface area contributed by atoms with Crippen LogP contribution in [0.25, 0.3) is 0 Å². The lowest BCUT2D eigenvalue weighted by molar-refractivity contribution is -0.154. The van der Waals surface area contributed by atoms with Crippen molar-refractivity contribution in [3.63, 3.8) is 0 Å². The summed E-state index contributed by atoms with van der Waals surface area (Å²) < 4.78 is 28.5. The summed E-state index contributed by atoms with van der Waals surface area (Å²) in [6.07, 6.45) is 20.7. The van der Waals surface area contributed by atoms with Gasteiger partial charge in [-0.1, -0.05) is 61.4 Å². The molecule has 0 saturated carbocycles. The van der Waals surface area contributed by atoms with Crippen LogP contribution in [0, 0.1) is 11.8 Å². The van der Waals surface area contributed by atoms with E-state index in [9.17, 15) is 14.4 Å². The molecule has 3 aliphatic rings. The predicted octanol–water partition coefficient (Wildman–Crippen LogP) is 6.12. The molecule has 3 aliphatic heterocycles. The maximum absolute atomic E-state index is 13.2. The highest BCUT2D eigenvalue weighted by atomic mass is 16.6. The number of methoxy groups -OCH3 is 2. The van der Waals surface area contributed by atoms with E-state index in [1.54, 1.807) is 0 Å². The van der Waals surface area contributed by atoms with Crippen LogP contribution < -0.4 is 0 Å². The Morgan fingerprint density at radius 2 is 1.62 bits per heavy atom. The van der Waals surface area contributed by atoms with Crippen LogP contribution in [0.2, 0.25) is 0 Å². The first-order valence-corrected chi connectivity index (χ1v) is 15.2. The second kappa shape index (κ2) is 17.2. The quantitative estimate of drug-likeness (QED) is 0.121. The van der Waals surface area contributed by atoms with Gasteiger partial charge in [0.1, 0.15) is 6.10 Å². The van der Waals surface area contributed by atoms with Crippen LogP contribution in [0.3, 0.4) is 0 Å². The van der Waals surface area contributed by atoms with Crippen molar-refractivity contribution in [2.24, 2.45) is 11.8 Å². The molecule has 3 heterocycles. The zero-order valence-electron chi connectivity index (χ0n) is 25.8. The van der Waals surface area contributed by atoms with Crippen molar-refractivity contribution in [3.8, 4) is 0 Å². The van der Waals surface area contributed by atoms with Crippen molar-refractivity contribution >= 4 is 17.9 Å². The van der Waals surface area contributed by atoms with Gasteiger partial charge in [0.15, 0.2) is 0 Å². The van der Waals surface area contributed by atoms with Gasteiger partial charge in [-0.25, -0.2) is 4.79 Å². The first-order chi connectivity index (χ1) is 20.1. The van der Waals surface area contributed by atoms with Gasteiger partial charge in [-0.2, -0.15) is 0 Å². The van der Waals surface area contributed by atoms with Crippen LogP contribution in [0.4, 0.5) is 0 Å². The molecular formula is C34H48O8. The van der Waals surface area contributed by atoms with Gasteiger partial charge < -0.3 is 23.7 Å². The molecule has 3 rings (SSSR count). The summed E-state index contributed by atoms with van der Waals surface area (Å²) in [5.74, 6) is -0.764. The van der Waals surface area contributed by atoms with Crippen molar-refractivity contribution in [2.75, 3.05) is 14.2 Å². The van der Waals surface area contributed by atoms with E-state index < -0.39 is 18.2 Å². The molecule has 0 unspecified atom stereocenters. The lowest BCUT2D eigenvalue weighted by atomic mass is 9.89. The summed E-state index contributed by atoms with van der Waals surface area (Å²) in [6, 6.07) is 0. The van der Waals surface area contributed by atoms with Gasteiger partial charge in [0, 0.05) is 18.4 Å². The van der Waals surface area contributed by atoms with Crippen molar-refractivity contribution in [1.29, 1.82) is 0 Å². The topological polar surface area (TPSA) is 97.4 Å². The molecule has 7 atom stereocenters. The average Bonchev–Trinajstić information content (AvgIpc) is 2.94. The summed E-state index contributed by atoms with van der Waals surface area (Å²) in [5, 5.41) is 0. The van der Waals surface area contributed by atoms with Crippen LogP contribution in [0.15, 0.2) is 59.8 Å². The van der Waals surface area contributed by atoms with Gasteiger partial charge in [0.05, 0.1) is 51.5 Å². The Bertz CT molecular complexity index is 1070. The normalized spacial score (nSPS) is 33.4. The largest absolute Gasteiger partial charge is 0.469 e. The van der Waals surface area contributed by atoms with E-state index in [1.807, 2.05) is 44.2 Å². The lowest BCUT2D eigenvalue weighted by Gasteiger charge is -2.37. The zero-order valence-corrected chi connectivity index (χ0v) is 25.8. The lowest BCUT2D eigenvalue weighted by Crippen LogP contribution is -2.37. The minimum Gasteiger partial charge on any atom is -0.469 e. The third-order valence-electron chi connectivity index (χ3n) is 7.96. The number of cyclic esters (lactones) is 1. The number of carbonyl (C=O) groups excluding carboxylic acids is 3. The molecule has 0 spiro atoms. The molecule has 0 aliphatic carbocycles. The molecule has 0 aromatic carbocycles. The summed E-state index contributed by atoms with van der Waals surface area (Å²) >= 11 is 0. The number of hydrogen-bond donors (Lipinski definition) is 0. The fraction of sp³-hybridized carbons (Fsp3) is 0.618. The molecule has 0 radical (unpaired) electrons. The second-order valence-corrected chi connectivity index (χ2v) is 11.8. The minimum atomic E-state index is -0.474. The van der Waals surface area contributed by atoms with Crippen molar-refractivity contribution in [1.82, 2.24) is 0 Å². The van der Waals surface area contributed by atoms with Gasteiger partial charge in [0.2, 0.25) is 0 Å². The van der Waals surface area contributed by atoms with E-state index in [4.69, 9.17) is 23.7 Å². The molecule has 42 heavy (non-hydrogen) atoms. The molecule has 2 fully saturated rings. The Labute approximate surface area is 250 Å². The summed E-state index contributed by atoms with van der Waals surface area (Å²) in [4.78, 5) is 36.7. The molecule has 0 aromatic rings. The fourth-order valence-electron chi connectivity index (χ4n) is 5.75. The highest BCUT2D eigenvalue weighted by Crippen LogP contribution is 2.33. The van der Waals surface area contributed by atoms with E-state index in [0.717, 1.165) is 43.3 Å². The maximum Gasteiger partial charge on any atom is 0.330 e. The summed E-state index contributed by atoms with van der Waals surface area (Å²) in [7, 11) is 2.74. The van der Waals surface area contributed by atoms with Crippen molar-refractivity contribution in [2.45, 2.75) is 109 Å². The fourth-order valence-corrected chi connectivity index (χ4v) is 5.75. The van der Waals surface area contributed by atoms with Crippen LogP contribution >= 0.6 is 0 Å². The van der Waals surface area contributed by atoms with Crippen LogP contribution in [-0.2, 0) is 38.1 Å². The maximum atomic E-state index is 13.2. The number of hydrogen-bond acceptors (Lipinski definition) is 8. The molecule has 8 heteroatoms. The standard InChI is InChI=1S/C34H48O8/c1-23(17-32(35)38-4)10-7-6-8-13-31-25(3)15-14-24(2)16-27-11-9-12-28(40-27)21-29-18-26(20-33(36)39-5)19-30(41-29)22-34(37)42-31/h6-8,10,13-15,20,24-25,27-31H,9,11-12,16-19,21-22H2,1-5H3/b7-6-,13-8+,15-14-,23-10+,26-20-/t24-,25+,27+,28-,29+,30-,31-/m0/s1. The van der Waals surface area contributed by atoms with Crippen LogP contribution in [0.1, 0.15) is 78.6 Å². The zero-order chi connectivity index (χ0) is 30.5. The number of ether oxygens (including phenoxy) is 5. The van der Waals surface area contributed by atoms with E-state index in [0.29, 0.717) is 18.8 Å². The molecule has 0 aromatic heterocycles. The van der Waals surface area contributed by atoms with Gasteiger partial charge in [-0.3, -0.25) is 9.59 Å². The molecule has 8 nitrogen and oxygen atoms in total. The Balaban J connectivity index is 1.80. The Morgan fingerprint density at radius 3 is 2.36 bits per heavy atom. The SMILES string of the molecule is COC(=O)/C=C1\C[C@H]2CC(=O)O[C@@H](/C=C/C=C\C=C(/C)CC(=O)OC)[C@H](C)/C=C\[C@H](C)C[C@H]3CCC[C@@H](C[C@@H](C1)O2)O3. The molecule has 2 saturated heterocycles. The number of carbonyl (C=O) groups is 3. The van der Waals surface area contributed by atoms with Gasteiger partial charge in [-0.05, 0) is 57.4 Å². The summed E-state index contributed by atoms with van der Waals surface area (Å²) in [6.45, 7) is 6.10.